The van der Waals surface area contributed by atoms with E-state index in [0.717, 1.165) is 29.9 Å². The average Bonchev–Trinajstić information content (AvgIpc) is 3.43. The van der Waals surface area contributed by atoms with Crippen molar-refractivity contribution in [2.24, 2.45) is 11.3 Å². The van der Waals surface area contributed by atoms with E-state index in [-0.39, 0.29) is 18.0 Å². The van der Waals surface area contributed by atoms with Gasteiger partial charge in [0.25, 0.3) is 5.91 Å². The molecule has 2 saturated carbocycles. The molecule has 3 aromatic rings. The second kappa shape index (κ2) is 6.57. The molecule has 0 radical (unpaired) electrons. The molecule has 31 heavy (non-hydrogen) atoms. The van der Waals surface area contributed by atoms with Gasteiger partial charge in [0, 0.05) is 37.4 Å². The molecule has 2 aliphatic carbocycles. The molecule has 1 N–H and O–H groups in total. The maximum absolute atomic E-state index is 13.8. The number of pyridine rings is 2. The smallest absolute Gasteiger partial charge is 0.256 e. The fourth-order valence-electron chi connectivity index (χ4n) is 5.59. The van der Waals surface area contributed by atoms with Gasteiger partial charge in [-0.3, -0.25) is 9.78 Å². The zero-order chi connectivity index (χ0) is 21.2. The second-order valence-electron chi connectivity index (χ2n) is 9.19. The van der Waals surface area contributed by atoms with Gasteiger partial charge < -0.3 is 10.2 Å². The summed E-state index contributed by atoms with van der Waals surface area (Å²) < 4.78 is 0. The van der Waals surface area contributed by atoms with Crippen molar-refractivity contribution in [2.75, 3.05) is 11.9 Å². The van der Waals surface area contributed by atoms with Crippen LogP contribution < -0.4 is 5.32 Å². The molecule has 3 fully saturated rings. The van der Waals surface area contributed by atoms with Crippen molar-refractivity contribution < 1.29 is 4.79 Å². The number of piperidine rings is 1. The van der Waals surface area contributed by atoms with Gasteiger partial charge in [0.15, 0.2) is 5.82 Å². The van der Waals surface area contributed by atoms with Gasteiger partial charge in [0.2, 0.25) is 0 Å². The Bertz CT molecular complexity index is 1160. The molecule has 1 amide bonds. The Morgan fingerprint density at radius 1 is 1.06 bits per heavy atom. The molecule has 6 rings (SSSR count). The first-order chi connectivity index (χ1) is 15.0. The SMILES string of the molecule is Cc1ccc(NC2CC34CC3CN(C(=O)c3cc(C)cnc3-c3ncccn3)C24)nc1. The van der Waals surface area contributed by atoms with E-state index in [4.69, 9.17) is 0 Å². The number of aromatic nitrogens is 4. The van der Waals surface area contributed by atoms with Gasteiger partial charge in [0.1, 0.15) is 11.5 Å². The first kappa shape index (κ1) is 18.4. The number of nitrogens with one attached hydrogen (secondary N) is 1. The van der Waals surface area contributed by atoms with Gasteiger partial charge in [-0.1, -0.05) is 6.07 Å². The Kier molecular flexibility index (Phi) is 3.91. The summed E-state index contributed by atoms with van der Waals surface area (Å²) in [4.78, 5) is 33.5. The van der Waals surface area contributed by atoms with Gasteiger partial charge in [-0.25, -0.2) is 15.0 Å². The molecule has 0 aromatic carbocycles. The van der Waals surface area contributed by atoms with Gasteiger partial charge in [-0.05, 0) is 67.3 Å². The van der Waals surface area contributed by atoms with Crippen molar-refractivity contribution >= 4 is 11.7 Å². The average molecular weight is 412 g/mol. The van der Waals surface area contributed by atoms with Crippen LogP contribution in [0.25, 0.3) is 11.5 Å². The van der Waals surface area contributed by atoms with E-state index in [0.29, 0.717) is 28.4 Å². The van der Waals surface area contributed by atoms with E-state index in [1.54, 1.807) is 24.7 Å². The Hall–Kier alpha value is -3.35. The maximum Gasteiger partial charge on any atom is 0.256 e. The molecular weight excluding hydrogens is 388 g/mol. The fraction of sp³-hybridized carbons (Fsp3) is 0.375. The summed E-state index contributed by atoms with van der Waals surface area (Å²) in [6.45, 7) is 4.80. The lowest BCUT2D eigenvalue weighted by Crippen LogP contribution is -2.60. The summed E-state index contributed by atoms with van der Waals surface area (Å²) in [5.41, 5.74) is 3.52. The third-order valence-electron chi connectivity index (χ3n) is 7.14. The molecule has 7 nitrogen and oxygen atoms in total. The summed E-state index contributed by atoms with van der Waals surface area (Å²) in [6, 6.07) is 8.17. The minimum Gasteiger partial charge on any atom is -0.365 e. The Balaban J connectivity index is 1.31. The predicted octanol–water partition coefficient (Wildman–Crippen LogP) is 3.27. The van der Waals surface area contributed by atoms with Crippen LogP contribution in [0, 0.1) is 25.2 Å². The van der Waals surface area contributed by atoms with Crippen LogP contribution in [0.5, 0.6) is 0 Å². The number of aryl methyl sites for hydroxylation is 2. The lowest BCUT2D eigenvalue weighted by molar-refractivity contribution is 0.0472. The Morgan fingerprint density at radius 2 is 1.87 bits per heavy atom. The van der Waals surface area contributed by atoms with Gasteiger partial charge >= 0.3 is 0 Å². The number of likely N-dealkylation sites (tertiary alicyclic amines) is 1. The summed E-state index contributed by atoms with van der Waals surface area (Å²) in [5.74, 6) is 1.99. The number of carbonyl (C=O) groups excluding carboxylic acids is 1. The molecule has 7 heteroatoms. The number of rotatable bonds is 4. The van der Waals surface area contributed by atoms with Crippen molar-refractivity contribution in [1.82, 2.24) is 24.8 Å². The standard InChI is InChI=1S/C24H24N6O/c1-14-4-5-19(27-11-14)29-18-10-24-9-16(24)13-30(21(18)24)23(31)17-8-15(2)12-28-20(17)22-25-6-3-7-26-22/h3-8,11-12,16,18,21H,9-10,13H2,1-2H3,(H,27,29). The largest absolute Gasteiger partial charge is 0.365 e. The highest BCUT2D eigenvalue weighted by Crippen LogP contribution is 2.71. The van der Waals surface area contributed by atoms with Crippen molar-refractivity contribution in [1.29, 1.82) is 0 Å². The monoisotopic (exact) mass is 412 g/mol. The lowest BCUT2D eigenvalue weighted by atomic mass is 9.71. The Labute approximate surface area is 181 Å². The molecule has 156 valence electrons. The molecule has 1 spiro atoms. The van der Waals surface area contributed by atoms with E-state index in [9.17, 15) is 4.79 Å². The molecule has 3 aliphatic rings. The summed E-state index contributed by atoms with van der Waals surface area (Å²) in [5, 5.41) is 3.58. The molecule has 0 bridgehead atoms. The van der Waals surface area contributed by atoms with Crippen molar-refractivity contribution in [2.45, 2.75) is 38.8 Å². The van der Waals surface area contributed by atoms with Gasteiger partial charge in [-0.15, -0.1) is 0 Å². The van der Waals surface area contributed by atoms with Crippen LogP contribution in [0.4, 0.5) is 5.82 Å². The third-order valence-corrected chi connectivity index (χ3v) is 7.14. The van der Waals surface area contributed by atoms with E-state index < -0.39 is 0 Å². The predicted molar refractivity (Wildman–Crippen MR) is 116 cm³/mol. The molecule has 4 heterocycles. The number of nitrogens with zero attached hydrogens (tertiary/aromatic N) is 5. The van der Waals surface area contributed by atoms with Crippen molar-refractivity contribution in [3.8, 4) is 11.5 Å². The molecule has 4 atom stereocenters. The molecule has 1 saturated heterocycles. The highest BCUT2D eigenvalue weighted by Gasteiger charge is 2.75. The lowest BCUT2D eigenvalue weighted by Gasteiger charge is -2.48. The molecular formula is C24H24N6O. The zero-order valence-corrected chi connectivity index (χ0v) is 17.6. The van der Waals surface area contributed by atoms with E-state index in [1.807, 2.05) is 32.2 Å². The van der Waals surface area contributed by atoms with Crippen LogP contribution >= 0.6 is 0 Å². The summed E-state index contributed by atoms with van der Waals surface area (Å²) >= 11 is 0. The van der Waals surface area contributed by atoms with Gasteiger partial charge in [-0.2, -0.15) is 0 Å². The highest BCUT2D eigenvalue weighted by atomic mass is 16.2. The van der Waals surface area contributed by atoms with Gasteiger partial charge in [0.05, 0.1) is 11.6 Å². The normalized spacial score (nSPS) is 27.8. The van der Waals surface area contributed by atoms with E-state index >= 15 is 0 Å². The number of hydrogen-bond acceptors (Lipinski definition) is 6. The van der Waals surface area contributed by atoms with Crippen LogP contribution in [0.15, 0.2) is 49.1 Å². The quantitative estimate of drug-likeness (QED) is 0.708. The van der Waals surface area contributed by atoms with Crippen LogP contribution in [-0.4, -0.2) is 49.4 Å². The van der Waals surface area contributed by atoms with Crippen LogP contribution in [0.3, 0.4) is 0 Å². The van der Waals surface area contributed by atoms with Crippen LogP contribution in [0.2, 0.25) is 0 Å². The highest BCUT2D eigenvalue weighted by molar-refractivity contribution is 6.00. The maximum atomic E-state index is 13.8. The zero-order valence-electron chi connectivity index (χ0n) is 17.6. The minimum atomic E-state index is 0.0265. The van der Waals surface area contributed by atoms with Crippen LogP contribution in [-0.2, 0) is 0 Å². The number of anilines is 1. The fourth-order valence-corrected chi connectivity index (χ4v) is 5.59. The number of carbonyl (C=O) groups is 1. The van der Waals surface area contributed by atoms with E-state index in [1.165, 1.54) is 6.42 Å². The van der Waals surface area contributed by atoms with Crippen molar-refractivity contribution in [3.05, 3.63) is 65.7 Å². The number of amides is 1. The third kappa shape index (κ3) is 2.83. The molecule has 3 aromatic heterocycles. The van der Waals surface area contributed by atoms with Crippen LogP contribution in [0.1, 0.15) is 34.3 Å². The first-order valence-corrected chi connectivity index (χ1v) is 10.8. The Morgan fingerprint density at radius 3 is 2.65 bits per heavy atom. The molecule has 4 unspecified atom stereocenters. The van der Waals surface area contributed by atoms with Crippen molar-refractivity contribution in [3.63, 3.8) is 0 Å². The molecule has 1 aliphatic heterocycles. The number of hydrogen-bond donors (Lipinski definition) is 1. The topological polar surface area (TPSA) is 83.9 Å². The van der Waals surface area contributed by atoms with E-state index in [2.05, 4.69) is 36.2 Å². The second-order valence-corrected chi connectivity index (χ2v) is 9.19. The summed E-state index contributed by atoms with van der Waals surface area (Å²) in [7, 11) is 0. The first-order valence-electron chi connectivity index (χ1n) is 10.8. The summed E-state index contributed by atoms with van der Waals surface area (Å²) in [6.07, 6.45) is 9.32. The minimum absolute atomic E-state index is 0.0265.